The van der Waals surface area contributed by atoms with Gasteiger partial charge in [-0.3, -0.25) is 10.2 Å². The fourth-order valence-corrected chi connectivity index (χ4v) is 3.09. The summed E-state index contributed by atoms with van der Waals surface area (Å²) >= 11 is 0. The molecule has 0 saturated heterocycles. The maximum Gasteiger partial charge on any atom is 0.319 e. The summed E-state index contributed by atoms with van der Waals surface area (Å²) in [5.74, 6) is -0.599. The molecule has 1 unspecified atom stereocenters. The first-order valence-corrected chi connectivity index (χ1v) is 9.89. The number of nitrogen functional groups attached to an aromatic ring is 1. The number of methoxy groups -OCH3 is 1. The van der Waals surface area contributed by atoms with E-state index in [4.69, 9.17) is 21.6 Å². The molecule has 1 atom stereocenters. The molecular weight excluding hydrogens is 406 g/mol. The summed E-state index contributed by atoms with van der Waals surface area (Å²) in [6, 6.07) is 11.0. The second-order valence-electron chi connectivity index (χ2n) is 7.12. The molecule has 0 spiro atoms. The number of primary amides is 1. The van der Waals surface area contributed by atoms with E-state index in [1.54, 1.807) is 37.4 Å². The molecule has 2 aromatic carbocycles. The van der Waals surface area contributed by atoms with Gasteiger partial charge in [0.2, 0.25) is 5.91 Å². The van der Waals surface area contributed by atoms with E-state index in [1.807, 2.05) is 30.4 Å². The van der Waals surface area contributed by atoms with Crippen molar-refractivity contribution in [3.63, 3.8) is 0 Å². The molecule has 7 N–H and O–H groups in total. The van der Waals surface area contributed by atoms with Crippen molar-refractivity contribution in [2.24, 2.45) is 5.73 Å². The van der Waals surface area contributed by atoms with Crippen molar-refractivity contribution >= 4 is 29.0 Å². The lowest BCUT2D eigenvalue weighted by atomic mass is 9.98. The highest BCUT2D eigenvalue weighted by atomic mass is 16.5. The van der Waals surface area contributed by atoms with Crippen molar-refractivity contribution < 1.29 is 14.3 Å². The van der Waals surface area contributed by atoms with Gasteiger partial charge < -0.3 is 26.8 Å². The first-order chi connectivity index (χ1) is 15.4. The number of benzene rings is 2. The first-order valence-electron chi connectivity index (χ1n) is 9.89. The highest BCUT2D eigenvalue weighted by molar-refractivity contribution is 6.15. The third kappa shape index (κ3) is 5.71. The number of carbonyl (C=O) groups excluding carboxylic acids is 2. The number of ether oxygens (including phenoxy) is 1. The van der Waals surface area contributed by atoms with Crippen LogP contribution in [0.25, 0.3) is 0 Å². The maximum absolute atomic E-state index is 12.3. The molecule has 3 amide bonds. The van der Waals surface area contributed by atoms with Crippen LogP contribution in [0.1, 0.15) is 21.5 Å². The number of hydrogen-bond acceptors (Lipinski definition) is 5. The van der Waals surface area contributed by atoms with Crippen LogP contribution in [-0.2, 0) is 4.74 Å². The van der Waals surface area contributed by atoms with Gasteiger partial charge in [-0.2, -0.15) is 0 Å². The number of urea groups is 1. The average molecular weight is 431 g/mol. The van der Waals surface area contributed by atoms with Crippen molar-refractivity contribution in [3.8, 4) is 0 Å². The predicted molar refractivity (Wildman–Crippen MR) is 126 cm³/mol. The molecule has 1 aliphatic carbocycles. The first kappa shape index (κ1) is 22.5. The van der Waals surface area contributed by atoms with Crippen molar-refractivity contribution in [3.05, 3.63) is 95.1 Å². The zero-order chi connectivity index (χ0) is 23.1. The number of amides is 3. The lowest BCUT2D eigenvalue weighted by Gasteiger charge is -2.12. The quantitative estimate of drug-likeness (QED) is 0.339. The summed E-state index contributed by atoms with van der Waals surface area (Å²) in [7, 11) is 1.63. The standard InChI is InChI=1S/C24H25N5O3/c1-32-19-7-2-4-15(8-10-19)14-28-24(31)29-18-6-3-5-16(12-18)22(26)20-13-17(23(27)30)9-11-21(20)25/h2-13,19,26H,14,25H2,1H3,(H2,27,30)(H2,28,29,31). The summed E-state index contributed by atoms with van der Waals surface area (Å²) in [6.07, 6.45) is 9.42. The van der Waals surface area contributed by atoms with Crippen LogP contribution in [0.3, 0.4) is 0 Å². The molecular formula is C24H25N5O3. The number of anilines is 2. The van der Waals surface area contributed by atoms with Crippen molar-refractivity contribution in [1.82, 2.24) is 5.32 Å². The molecule has 3 rings (SSSR count). The monoisotopic (exact) mass is 431 g/mol. The molecule has 0 fully saturated rings. The molecule has 8 heteroatoms. The summed E-state index contributed by atoms with van der Waals surface area (Å²) in [6.45, 7) is 0.342. The third-order valence-corrected chi connectivity index (χ3v) is 4.85. The Bertz CT molecular complexity index is 1130. The van der Waals surface area contributed by atoms with Gasteiger partial charge in [-0.05, 0) is 35.9 Å². The summed E-state index contributed by atoms with van der Waals surface area (Å²) in [5.41, 5.74) is 14.4. The molecule has 0 bridgehead atoms. The van der Waals surface area contributed by atoms with E-state index in [0.717, 1.165) is 5.57 Å². The largest absolute Gasteiger partial charge is 0.398 e. The Labute approximate surface area is 186 Å². The Kier molecular flexibility index (Phi) is 7.20. The van der Waals surface area contributed by atoms with Crippen LogP contribution < -0.4 is 22.1 Å². The Morgan fingerprint density at radius 3 is 2.69 bits per heavy atom. The van der Waals surface area contributed by atoms with Gasteiger partial charge in [0.1, 0.15) is 0 Å². The van der Waals surface area contributed by atoms with Crippen LogP contribution in [0.5, 0.6) is 0 Å². The van der Waals surface area contributed by atoms with Gasteiger partial charge >= 0.3 is 6.03 Å². The molecule has 0 aromatic heterocycles. The van der Waals surface area contributed by atoms with Gasteiger partial charge in [-0.15, -0.1) is 0 Å². The van der Waals surface area contributed by atoms with Gasteiger partial charge in [0, 0.05) is 41.7 Å². The maximum atomic E-state index is 12.3. The lowest BCUT2D eigenvalue weighted by Crippen LogP contribution is -2.30. The topological polar surface area (TPSA) is 143 Å². The summed E-state index contributed by atoms with van der Waals surface area (Å²) < 4.78 is 5.26. The van der Waals surface area contributed by atoms with Gasteiger partial charge in [0.15, 0.2) is 0 Å². The summed E-state index contributed by atoms with van der Waals surface area (Å²) in [4.78, 5) is 23.8. The van der Waals surface area contributed by atoms with Crippen molar-refractivity contribution in [1.29, 1.82) is 5.41 Å². The van der Waals surface area contributed by atoms with E-state index in [1.165, 1.54) is 12.1 Å². The van der Waals surface area contributed by atoms with Crippen molar-refractivity contribution in [2.45, 2.75) is 6.10 Å². The minimum Gasteiger partial charge on any atom is -0.398 e. The van der Waals surface area contributed by atoms with Crippen LogP contribution in [0.2, 0.25) is 0 Å². The van der Waals surface area contributed by atoms with Gasteiger partial charge in [-0.1, -0.05) is 42.5 Å². The fourth-order valence-electron chi connectivity index (χ4n) is 3.09. The Morgan fingerprint density at radius 2 is 1.94 bits per heavy atom. The number of allylic oxidation sites excluding steroid dienone is 2. The van der Waals surface area contributed by atoms with E-state index >= 15 is 0 Å². The zero-order valence-corrected chi connectivity index (χ0v) is 17.6. The second-order valence-corrected chi connectivity index (χ2v) is 7.12. The van der Waals surface area contributed by atoms with E-state index in [-0.39, 0.29) is 23.4 Å². The number of carbonyl (C=O) groups is 2. The summed E-state index contributed by atoms with van der Waals surface area (Å²) in [5, 5.41) is 14.1. The van der Waals surface area contributed by atoms with Crippen LogP contribution in [-0.4, -0.2) is 37.4 Å². The average Bonchev–Trinajstić information content (AvgIpc) is 3.03. The number of nitrogens with two attached hydrogens (primary N) is 2. The molecule has 32 heavy (non-hydrogen) atoms. The zero-order valence-electron chi connectivity index (χ0n) is 17.6. The number of rotatable bonds is 7. The Morgan fingerprint density at radius 1 is 1.12 bits per heavy atom. The lowest BCUT2D eigenvalue weighted by molar-refractivity contribution is 0.1000. The predicted octanol–water partition coefficient (Wildman–Crippen LogP) is 2.97. The van der Waals surface area contributed by atoms with E-state index in [2.05, 4.69) is 10.6 Å². The normalized spacial score (nSPS) is 14.9. The van der Waals surface area contributed by atoms with E-state index < -0.39 is 5.91 Å². The molecule has 1 aliphatic rings. The molecule has 0 heterocycles. The molecule has 8 nitrogen and oxygen atoms in total. The molecule has 2 aromatic rings. The smallest absolute Gasteiger partial charge is 0.319 e. The highest BCUT2D eigenvalue weighted by Crippen LogP contribution is 2.20. The Hall–Kier alpha value is -4.17. The van der Waals surface area contributed by atoms with E-state index in [0.29, 0.717) is 29.0 Å². The van der Waals surface area contributed by atoms with Crippen LogP contribution in [0.15, 0.2) is 78.4 Å². The van der Waals surface area contributed by atoms with Crippen LogP contribution in [0.4, 0.5) is 16.2 Å². The molecule has 164 valence electrons. The second kappa shape index (κ2) is 10.2. The van der Waals surface area contributed by atoms with Gasteiger partial charge in [-0.25, -0.2) is 4.79 Å². The Balaban J connectivity index is 1.66. The molecule has 0 aliphatic heterocycles. The SMILES string of the molecule is COC1C=CC=C(CNC(=O)Nc2cccc(C(=N)c3cc(C(N)=O)ccc3N)c2)C=C1. The van der Waals surface area contributed by atoms with Gasteiger partial charge in [0.25, 0.3) is 0 Å². The van der Waals surface area contributed by atoms with Gasteiger partial charge in [0.05, 0.1) is 11.8 Å². The molecule has 0 radical (unpaired) electrons. The van der Waals surface area contributed by atoms with Crippen LogP contribution >= 0.6 is 0 Å². The minimum absolute atomic E-state index is 0.0895. The fraction of sp³-hybridized carbons (Fsp3) is 0.125. The third-order valence-electron chi connectivity index (χ3n) is 4.85. The number of nitrogens with one attached hydrogen (secondary N) is 3. The highest BCUT2D eigenvalue weighted by Gasteiger charge is 2.13. The number of hydrogen-bond donors (Lipinski definition) is 5. The van der Waals surface area contributed by atoms with Crippen molar-refractivity contribution in [2.75, 3.05) is 24.7 Å². The minimum atomic E-state index is -0.599. The van der Waals surface area contributed by atoms with E-state index in [9.17, 15) is 9.59 Å². The molecule has 0 saturated carbocycles. The van der Waals surface area contributed by atoms with Crippen LogP contribution in [0, 0.1) is 5.41 Å².